The molecule has 0 radical (unpaired) electrons. The summed E-state index contributed by atoms with van der Waals surface area (Å²) in [6, 6.07) is 4.78. The topological polar surface area (TPSA) is 80.0 Å². The Morgan fingerprint density at radius 3 is 2.76 bits per heavy atom. The molecule has 0 saturated carbocycles. The summed E-state index contributed by atoms with van der Waals surface area (Å²) in [4.78, 5) is 16.2. The van der Waals surface area contributed by atoms with Crippen molar-refractivity contribution < 1.29 is 9.32 Å². The van der Waals surface area contributed by atoms with Gasteiger partial charge < -0.3 is 15.2 Å². The van der Waals surface area contributed by atoms with E-state index >= 15 is 0 Å². The molecule has 0 aliphatic carbocycles. The lowest BCUT2D eigenvalue weighted by Crippen LogP contribution is -2.15. The molecular weight excluding hydrogens is 315 g/mol. The van der Waals surface area contributed by atoms with Gasteiger partial charge in [-0.25, -0.2) is 0 Å². The van der Waals surface area contributed by atoms with Crippen LogP contribution < -0.4 is 10.6 Å². The zero-order valence-corrected chi connectivity index (χ0v) is 12.4. The van der Waals surface area contributed by atoms with Crippen molar-refractivity contribution in [1.82, 2.24) is 15.5 Å². The number of carbonyl (C=O) groups is 1. The van der Waals surface area contributed by atoms with E-state index < -0.39 is 5.91 Å². The van der Waals surface area contributed by atoms with Crippen LogP contribution in [0.2, 0.25) is 10.0 Å². The molecule has 0 bridgehead atoms. The van der Waals surface area contributed by atoms with Gasteiger partial charge >= 0.3 is 0 Å². The molecule has 110 valence electrons. The molecule has 2 aromatic rings. The van der Waals surface area contributed by atoms with Crippen LogP contribution in [0.4, 0.5) is 5.69 Å². The van der Waals surface area contributed by atoms with Crippen LogP contribution in [0.5, 0.6) is 0 Å². The number of nitrogens with zero attached hydrogens (tertiary/aromatic N) is 2. The van der Waals surface area contributed by atoms with Gasteiger partial charge in [0.1, 0.15) is 0 Å². The molecule has 1 aliphatic rings. The average Bonchev–Trinajstić information content (AvgIpc) is 3.09. The van der Waals surface area contributed by atoms with Crippen LogP contribution >= 0.6 is 23.2 Å². The van der Waals surface area contributed by atoms with E-state index in [0.29, 0.717) is 21.6 Å². The molecule has 2 heterocycles. The van der Waals surface area contributed by atoms with Crippen LogP contribution in [-0.2, 0) is 0 Å². The third kappa shape index (κ3) is 3.34. The van der Waals surface area contributed by atoms with Crippen LogP contribution in [0.15, 0.2) is 22.7 Å². The van der Waals surface area contributed by atoms with Gasteiger partial charge in [0.05, 0.1) is 6.04 Å². The van der Waals surface area contributed by atoms with Crippen LogP contribution in [0.1, 0.15) is 35.4 Å². The number of hydrogen-bond donors (Lipinski definition) is 2. The highest BCUT2D eigenvalue weighted by molar-refractivity contribution is 6.35. The maximum atomic E-state index is 12.1. The molecule has 21 heavy (non-hydrogen) atoms. The third-order valence-corrected chi connectivity index (χ3v) is 3.56. The molecular formula is C13H12Cl2N4O2. The van der Waals surface area contributed by atoms with E-state index in [0.717, 1.165) is 19.4 Å². The monoisotopic (exact) mass is 326 g/mol. The Hall–Kier alpha value is -1.63. The van der Waals surface area contributed by atoms with Crippen molar-refractivity contribution in [2.75, 3.05) is 11.9 Å². The number of halogens is 2. The van der Waals surface area contributed by atoms with Crippen LogP contribution in [0.3, 0.4) is 0 Å². The zero-order chi connectivity index (χ0) is 14.8. The fourth-order valence-corrected chi connectivity index (χ4v) is 2.70. The second-order valence-electron chi connectivity index (χ2n) is 4.72. The summed E-state index contributed by atoms with van der Waals surface area (Å²) >= 11 is 11.8. The lowest BCUT2D eigenvalue weighted by Gasteiger charge is -2.03. The van der Waals surface area contributed by atoms with Crippen molar-refractivity contribution in [2.24, 2.45) is 0 Å². The molecule has 1 fully saturated rings. The molecule has 1 unspecified atom stereocenters. The SMILES string of the molecule is O=C(Nc1cc(Cl)cc(Cl)c1)c1noc(C2CCCN2)n1. The van der Waals surface area contributed by atoms with Gasteiger partial charge in [-0.1, -0.05) is 28.4 Å². The summed E-state index contributed by atoms with van der Waals surface area (Å²) in [6.45, 7) is 0.912. The first-order valence-corrected chi connectivity index (χ1v) is 7.22. The second kappa shape index (κ2) is 6.01. The first-order valence-electron chi connectivity index (χ1n) is 6.46. The zero-order valence-electron chi connectivity index (χ0n) is 10.9. The van der Waals surface area contributed by atoms with Gasteiger partial charge in [-0.15, -0.1) is 0 Å². The molecule has 1 aromatic heterocycles. The summed E-state index contributed by atoms with van der Waals surface area (Å²) in [5.41, 5.74) is 0.475. The Kier molecular flexibility index (Phi) is 4.10. The highest BCUT2D eigenvalue weighted by Crippen LogP contribution is 2.23. The highest BCUT2D eigenvalue weighted by Gasteiger charge is 2.24. The number of carbonyl (C=O) groups excluding carboxylic acids is 1. The Balaban J connectivity index is 1.73. The number of benzene rings is 1. The first kappa shape index (κ1) is 14.3. The Morgan fingerprint density at radius 1 is 1.33 bits per heavy atom. The normalized spacial score (nSPS) is 17.9. The van der Waals surface area contributed by atoms with E-state index in [1.54, 1.807) is 18.2 Å². The number of rotatable bonds is 3. The Bertz CT molecular complexity index is 648. The molecule has 0 spiro atoms. The van der Waals surface area contributed by atoms with Gasteiger partial charge in [0.2, 0.25) is 5.89 Å². The average molecular weight is 327 g/mol. The second-order valence-corrected chi connectivity index (χ2v) is 5.59. The molecule has 1 amide bonds. The van der Waals surface area contributed by atoms with Gasteiger partial charge in [-0.3, -0.25) is 4.79 Å². The van der Waals surface area contributed by atoms with Gasteiger partial charge in [-0.05, 0) is 37.6 Å². The summed E-state index contributed by atoms with van der Waals surface area (Å²) in [6.07, 6.45) is 1.97. The third-order valence-electron chi connectivity index (χ3n) is 3.12. The van der Waals surface area contributed by atoms with Crippen molar-refractivity contribution in [3.05, 3.63) is 40.0 Å². The largest absolute Gasteiger partial charge is 0.337 e. The fourth-order valence-electron chi connectivity index (χ4n) is 2.18. The Morgan fingerprint density at radius 2 is 2.10 bits per heavy atom. The number of nitrogens with one attached hydrogen (secondary N) is 2. The minimum Gasteiger partial charge on any atom is -0.337 e. The van der Waals surface area contributed by atoms with Gasteiger partial charge in [0, 0.05) is 15.7 Å². The lowest BCUT2D eigenvalue weighted by molar-refractivity contribution is 0.101. The number of aromatic nitrogens is 2. The van der Waals surface area contributed by atoms with E-state index in [4.69, 9.17) is 27.7 Å². The molecule has 1 atom stereocenters. The maximum absolute atomic E-state index is 12.1. The maximum Gasteiger partial charge on any atom is 0.297 e. The summed E-state index contributed by atoms with van der Waals surface area (Å²) in [5.74, 6) is -0.0575. The predicted octanol–water partition coefficient (Wildman–Crippen LogP) is 3.05. The van der Waals surface area contributed by atoms with Crippen molar-refractivity contribution in [1.29, 1.82) is 0 Å². The standard InChI is InChI=1S/C13H12Cl2N4O2/c14-7-4-8(15)6-9(5-7)17-12(20)11-18-13(21-19-11)10-2-1-3-16-10/h4-6,10,16H,1-3H2,(H,17,20). The van der Waals surface area contributed by atoms with Gasteiger partial charge in [-0.2, -0.15) is 4.98 Å². The quantitative estimate of drug-likeness (QED) is 0.906. The molecule has 2 N–H and O–H groups in total. The first-order chi connectivity index (χ1) is 10.1. The molecule has 1 aliphatic heterocycles. The molecule has 8 heteroatoms. The van der Waals surface area contributed by atoms with E-state index in [2.05, 4.69) is 20.8 Å². The lowest BCUT2D eigenvalue weighted by atomic mass is 10.2. The van der Waals surface area contributed by atoms with Crippen molar-refractivity contribution in [3.63, 3.8) is 0 Å². The summed E-state index contributed by atoms with van der Waals surface area (Å²) < 4.78 is 5.12. The van der Waals surface area contributed by atoms with Crippen molar-refractivity contribution >= 4 is 34.8 Å². The van der Waals surface area contributed by atoms with Crippen LogP contribution in [0.25, 0.3) is 0 Å². The van der Waals surface area contributed by atoms with E-state index in [1.165, 1.54) is 0 Å². The van der Waals surface area contributed by atoms with Crippen molar-refractivity contribution in [2.45, 2.75) is 18.9 Å². The van der Waals surface area contributed by atoms with E-state index in [-0.39, 0.29) is 11.9 Å². The highest BCUT2D eigenvalue weighted by atomic mass is 35.5. The Labute approximate surface area is 130 Å². The molecule has 1 aromatic carbocycles. The predicted molar refractivity (Wildman–Crippen MR) is 78.7 cm³/mol. The van der Waals surface area contributed by atoms with Gasteiger partial charge in [0.25, 0.3) is 11.7 Å². The summed E-state index contributed by atoms with van der Waals surface area (Å²) in [5, 5.41) is 10.4. The molecule has 3 rings (SSSR count). The number of anilines is 1. The minimum absolute atomic E-state index is 0.0187. The number of amides is 1. The van der Waals surface area contributed by atoms with Crippen molar-refractivity contribution in [3.8, 4) is 0 Å². The molecule has 1 saturated heterocycles. The minimum atomic E-state index is -0.471. The number of hydrogen-bond acceptors (Lipinski definition) is 5. The smallest absolute Gasteiger partial charge is 0.297 e. The van der Waals surface area contributed by atoms with Crippen LogP contribution in [-0.4, -0.2) is 22.6 Å². The summed E-state index contributed by atoms with van der Waals surface area (Å²) in [7, 11) is 0. The van der Waals surface area contributed by atoms with Crippen LogP contribution in [0, 0.1) is 0 Å². The molecule has 6 nitrogen and oxygen atoms in total. The van der Waals surface area contributed by atoms with Gasteiger partial charge in [0.15, 0.2) is 0 Å². The fraction of sp³-hybridized carbons (Fsp3) is 0.308. The van der Waals surface area contributed by atoms with E-state index in [9.17, 15) is 4.79 Å². The van der Waals surface area contributed by atoms with E-state index in [1.807, 2.05) is 0 Å².